The molecule has 0 spiro atoms. The van der Waals surface area contributed by atoms with Crippen LogP contribution < -0.4 is 4.74 Å². The van der Waals surface area contributed by atoms with E-state index >= 15 is 0 Å². The molecule has 0 radical (unpaired) electrons. The lowest BCUT2D eigenvalue weighted by Gasteiger charge is -2.39. The molecule has 0 aromatic carbocycles. The first-order chi connectivity index (χ1) is 12.9. The van der Waals surface area contributed by atoms with Crippen molar-refractivity contribution >= 4 is 23.6 Å². The van der Waals surface area contributed by atoms with Crippen molar-refractivity contribution in [2.24, 2.45) is 5.92 Å². The number of piperidine rings is 1. The van der Waals surface area contributed by atoms with Crippen LogP contribution in [0, 0.1) is 5.92 Å². The maximum absolute atomic E-state index is 12.8. The molecule has 0 N–H and O–H groups in total. The Morgan fingerprint density at radius 3 is 2.74 bits per heavy atom. The number of amides is 2. The fourth-order valence-corrected chi connectivity index (χ4v) is 4.01. The van der Waals surface area contributed by atoms with E-state index in [0.717, 1.165) is 19.3 Å². The summed E-state index contributed by atoms with van der Waals surface area (Å²) in [6.45, 7) is 5.91. The van der Waals surface area contributed by atoms with Gasteiger partial charge < -0.3 is 14.4 Å². The fourth-order valence-electron chi connectivity index (χ4n) is 3.81. The van der Waals surface area contributed by atoms with Gasteiger partial charge in [-0.3, -0.25) is 9.69 Å². The van der Waals surface area contributed by atoms with Gasteiger partial charge in [-0.15, -0.1) is 0 Å². The van der Waals surface area contributed by atoms with E-state index in [4.69, 9.17) is 21.1 Å². The maximum atomic E-state index is 12.8. The quantitative estimate of drug-likeness (QED) is 0.716. The molecule has 27 heavy (non-hydrogen) atoms. The summed E-state index contributed by atoms with van der Waals surface area (Å²) in [6, 6.07) is 3.38. The first kappa shape index (κ1) is 19.7. The minimum Gasteiger partial charge on any atom is -0.481 e. The van der Waals surface area contributed by atoms with Crippen molar-refractivity contribution in [3.63, 3.8) is 0 Å². The lowest BCUT2D eigenvalue weighted by molar-refractivity contribution is 0.0614. The number of pyridine rings is 1. The summed E-state index contributed by atoms with van der Waals surface area (Å²) in [5, 5.41) is 0.226. The second-order valence-electron chi connectivity index (χ2n) is 7.18. The highest BCUT2D eigenvalue weighted by molar-refractivity contribution is 6.29. The molecule has 148 valence electrons. The second kappa shape index (κ2) is 8.33. The molecular weight excluding hydrogens is 370 g/mol. The van der Waals surface area contributed by atoms with Crippen LogP contribution in [0.15, 0.2) is 12.1 Å². The highest BCUT2D eigenvalue weighted by atomic mass is 35.5. The molecule has 1 aromatic rings. The van der Waals surface area contributed by atoms with Gasteiger partial charge in [0.25, 0.3) is 5.91 Å². The molecule has 2 unspecified atom stereocenters. The number of hydrogen-bond acceptors (Lipinski definition) is 5. The predicted molar refractivity (Wildman–Crippen MR) is 101 cm³/mol. The van der Waals surface area contributed by atoms with Crippen LogP contribution in [0.1, 0.15) is 43.5 Å². The third-order valence-electron chi connectivity index (χ3n) is 5.62. The van der Waals surface area contributed by atoms with Crippen LogP contribution in [0.3, 0.4) is 0 Å². The molecule has 2 aliphatic heterocycles. The standard InChI is InChI=1S/C19H26ClN3O4/c1-4-12(2)15-11-27-19(25)23(15)14-5-7-22(8-6-14)18(24)13-9-16(20)21-17(10-13)26-3/h9-10,12,14-15H,4-8,11H2,1-3H3. The van der Waals surface area contributed by atoms with Crippen LogP contribution in [-0.4, -0.2) is 65.7 Å². The predicted octanol–water partition coefficient (Wildman–Crippen LogP) is 3.22. The molecular formula is C19H26ClN3O4. The average Bonchev–Trinajstić information content (AvgIpc) is 3.07. The highest BCUT2D eigenvalue weighted by Gasteiger charge is 2.41. The van der Waals surface area contributed by atoms with Crippen LogP contribution in [0.2, 0.25) is 5.15 Å². The zero-order chi connectivity index (χ0) is 19.6. The number of rotatable bonds is 5. The van der Waals surface area contributed by atoms with Crippen molar-refractivity contribution < 1.29 is 19.1 Å². The van der Waals surface area contributed by atoms with Gasteiger partial charge in [0.15, 0.2) is 0 Å². The zero-order valence-electron chi connectivity index (χ0n) is 16.0. The monoisotopic (exact) mass is 395 g/mol. The first-order valence-corrected chi connectivity index (χ1v) is 9.78. The van der Waals surface area contributed by atoms with Crippen LogP contribution in [0.4, 0.5) is 4.79 Å². The van der Waals surface area contributed by atoms with E-state index in [1.807, 2.05) is 4.90 Å². The molecule has 8 heteroatoms. The Kier molecular flexibility index (Phi) is 6.09. The Morgan fingerprint density at radius 2 is 2.11 bits per heavy atom. The van der Waals surface area contributed by atoms with E-state index in [1.54, 1.807) is 17.0 Å². The lowest BCUT2D eigenvalue weighted by Crippen LogP contribution is -2.51. The fraction of sp³-hybridized carbons (Fsp3) is 0.632. The van der Waals surface area contributed by atoms with Gasteiger partial charge in [-0.1, -0.05) is 31.9 Å². The number of ether oxygens (including phenoxy) is 2. The molecule has 3 heterocycles. The van der Waals surface area contributed by atoms with Crippen molar-refractivity contribution in [3.8, 4) is 5.88 Å². The molecule has 2 fully saturated rings. The van der Waals surface area contributed by atoms with Gasteiger partial charge in [-0.05, 0) is 24.8 Å². The zero-order valence-corrected chi connectivity index (χ0v) is 16.7. The first-order valence-electron chi connectivity index (χ1n) is 9.40. The number of carbonyl (C=O) groups is 2. The molecule has 0 aliphatic carbocycles. The number of halogens is 1. The van der Waals surface area contributed by atoms with E-state index in [0.29, 0.717) is 37.1 Å². The van der Waals surface area contributed by atoms with Crippen LogP contribution >= 0.6 is 11.6 Å². The molecule has 0 saturated carbocycles. The normalized spacial score (nSPS) is 21.9. The van der Waals surface area contributed by atoms with Crippen LogP contribution in [0.25, 0.3) is 0 Å². The Labute approximate surface area is 164 Å². The summed E-state index contributed by atoms with van der Waals surface area (Å²) in [4.78, 5) is 32.7. The molecule has 2 aliphatic rings. The number of methoxy groups -OCH3 is 1. The third-order valence-corrected chi connectivity index (χ3v) is 5.81. The van der Waals surface area contributed by atoms with Gasteiger partial charge in [0.1, 0.15) is 11.8 Å². The summed E-state index contributed by atoms with van der Waals surface area (Å²) >= 11 is 5.98. The van der Waals surface area contributed by atoms with Crippen molar-refractivity contribution in [1.82, 2.24) is 14.8 Å². The number of cyclic esters (lactones) is 1. The molecule has 1 aromatic heterocycles. The number of likely N-dealkylation sites (tertiary alicyclic amines) is 1. The van der Waals surface area contributed by atoms with Crippen LogP contribution in [-0.2, 0) is 4.74 Å². The van der Waals surface area contributed by atoms with E-state index in [9.17, 15) is 9.59 Å². The summed E-state index contributed by atoms with van der Waals surface area (Å²) in [6.07, 6.45) is 2.25. The summed E-state index contributed by atoms with van der Waals surface area (Å²) in [5.74, 6) is 0.609. The van der Waals surface area contributed by atoms with E-state index < -0.39 is 0 Å². The van der Waals surface area contributed by atoms with Crippen molar-refractivity contribution in [1.29, 1.82) is 0 Å². The second-order valence-corrected chi connectivity index (χ2v) is 7.57. The Morgan fingerprint density at radius 1 is 1.41 bits per heavy atom. The topological polar surface area (TPSA) is 72.0 Å². The van der Waals surface area contributed by atoms with Gasteiger partial charge in [0.05, 0.1) is 13.2 Å². The van der Waals surface area contributed by atoms with Crippen molar-refractivity contribution in [2.45, 2.75) is 45.2 Å². The summed E-state index contributed by atoms with van der Waals surface area (Å²) < 4.78 is 10.4. The third kappa shape index (κ3) is 4.13. The van der Waals surface area contributed by atoms with Gasteiger partial charge >= 0.3 is 6.09 Å². The largest absolute Gasteiger partial charge is 0.481 e. The van der Waals surface area contributed by atoms with Gasteiger partial charge in [-0.25, -0.2) is 9.78 Å². The summed E-state index contributed by atoms with van der Waals surface area (Å²) in [5.41, 5.74) is 0.461. The number of aromatic nitrogens is 1. The SMILES string of the molecule is CCC(C)C1COC(=O)N1C1CCN(C(=O)c2cc(Cl)nc(OC)c2)CC1. The number of hydrogen-bond donors (Lipinski definition) is 0. The smallest absolute Gasteiger partial charge is 0.410 e. The maximum Gasteiger partial charge on any atom is 0.410 e. The van der Waals surface area contributed by atoms with Gasteiger partial charge in [0, 0.05) is 30.8 Å². The number of nitrogens with zero attached hydrogens (tertiary/aromatic N) is 3. The van der Waals surface area contributed by atoms with E-state index in [2.05, 4.69) is 18.8 Å². The van der Waals surface area contributed by atoms with E-state index in [1.165, 1.54) is 7.11 Å². The minimum atomic E-state index is -0.226. The summed E-state index contributed by atoms with van der Waals surface area (Å²) in [7, 11) is 1.49. The Bertz CT molecular complexity index is 706. The van der Waals surface area contributed by atoms with Gasteiger partial charge in [0.2, 0.25) is 5.88 Å². The molecule has 2 amide bonds. The molecule has 0 bridgehead atoms. The minimum absolute atomic E-state index is 0.0986. The highest BCUT2D eigenvalue weighted by Crippen LogP contribution is 2.29. The Balaban J connectivity index is 1.65. The van der Waals surface area contributed by atoms with Crippen LogP contribution in [0.5, 0.6) is 5.88 Å². The average molecular weight is 396 g/mol. The van der Waals surface area contributed by atoms with Crippen molar-refractivity contribution in [2.75, 3.05) is 26.8 Å². The van der Waals surface area contributed by atoms with Gasteiger partial charge in [-0.2, -0.15) is 0 Å². The molecule has 3 rings (SSSR count). The lowest BCUT2D eigenvalue weighted by atomic mass is 9.95. The van der Waals surface area contributed by atoms with Crippen molar-refractivity contribution in [3.05, 3.63) is 22.8 Å². The molecule has 7 nitrogen and oxygen atoms in total. The molecule has 2 saturated heterocycles. The number of carbonyl (C=O) groups excluding carboxylic acids is 2. The van der Waals surface area contributed by atoms with E-state index in [-0.39, 0.29) is 29.2 Å². The Hall–Kier alpha value is -2.02. The molecule has 2 atom stereocenters.